The van der Waals surface area contributed by atoms with Gasteiger partial charge in [-0.3, -0.25) is 4.79 Å². The number of ether oxygens (including phenoxy) is 1. The van der Waals surface area contributed by atoms with E-state index in [1.165, 1.54) is 12.1 Å². The SMILES string of the molecule is COCC1(C(=O)Nc2ccc(F)cn2)CCNCC1.Cl.Cl. The Bertz CT molecular complexity index is 434. The minimum atomic E-state index is -0.532. The zero-order valence-electron chi connectivity index (χ0n) is 11.7. The highest BCUT2D eigenvalue weighted by Crippen LogP contribution is 2.30. The van der Waals surface area contributed by atoms with Crippen LogP contribution in [0.2, 0.25) is 0 Å². The molecule has 1 aromatic rings. The number of methoxy groups -OCH3 is 1. The summed E-state index contributed by atoms with van der Waals surface area (Å²) in [5.74, 6) is -0.179. The van der Waals surface area contributed by atoms with Crippen LogP contribution in [-0.4, -0.2) is 37.7 Å². The number of nitrogens with one attached hydrogen (secondary N) is 2. The first-order chi connectivity index (χ1) is 9.16. The van der Waals surface area contributed by atoms with Crippen molar-refractivity contribution in [2.24, 2.45) is 5.41 Å². The standard InChI is InChI=1S/C13H18FN3O2.2ClH/c1-19-9-13(4-6-15-7-5-13)12(18)17-11-3-2-10(14)8-16-11;;/h2-3,8,15H,4-7,9H2,1H3,(H,16,17,18);2*1H. The van der Waals surface area contributed by atoms with E-state index in [9.17, 15) is 9.18 Å². The molecular formula is C13H20Cl2FN3O2. The lowest BCUT2D eigenvalue weighted by Crippen LogP contribution is -2.47. The van der Waals surface area contributed by atoms with Crippen LogP contribution in [-0.2, 0) is 9.53 Å². The molecule has 0 bridgehead atoms. The number of rotatable bonds is 4. The van der Waals surface area contributed by atoms with Crippen LogP contribution < -0.4 is 10.6 Å². The molecule has 120 valence electrons. The van der Waals surface area contributed by atoms with Crippen molar-refractivity contribution in [3.8, 4) is 0 Å². The summed E-state index contributed by atoms with van der Waals surface area (Å²) in [6.45, 7) is 1.95. The molecule has 1 aromatic heterocycles. The van der Waals surface area contributed by atoms with Crippen LogP contribution in [0.4, 0.5) is 10.2 Å². The van der Waals surface area contributed by atoms with Crippen LogP contribution in [0.1, 0.15) is 12.8 Å². The molecule has 21 heavy (non-hydrogen) atoms. The van der Waals surface area contributed by atoms with Gasteiger partial charge < -0.3 is 15.4 Å². The number of hydrogen-bond acceptors (Lipinski definition) is 4. The molecule has 0 spiro atoms. The van der Waals surface area contributed by atoms with E-state index in [-0.39, 0.29) is 30.7 Å². The van der Waals surface area contributed by atoms with E-state index in [0.717, 1.165) is 19.3 Å². The van der Waals surface area contributed by atoms with Crippen molar-refractivity contribution in [1.29, 1.82) is 0 Å². The topological polar surface area (TPSA) is 63.2 Å². The van der Waals surface area contributed by atoms with Crippen LogP contribution in [0.25, 0.3) is 0 Å². The Morgan fingerprint density at radius 2 is 2.10 bits per heavy atom. The van der Waals surface area contributed by atoms with E-state index in [0.29, 0.717) is 25.3 Å². The molecule has 0 radical (unpaired) electrons. The molecule has 2 N–H and O–H groups in total. The lowest BCUT2D eigenvalue weighted by atomic mass is 9.78. The van der Waals surface area contributed by atoms with Crippen LogP contribution >= 0.6 is 24.8 Å². The monoisotopic (exact) mass is 339 g/mol. The van der Waals surface area contributed by atoms with Gasteiger partial charge in [-0.15, -0.1) is 24.8 Å². The van der Waals surface area contributed by atoms with E-state index < -0.39 is 11.2 Å². The number of carbonyl (C=O) groups is 1. The van der Waals surface area contributed by atoms with E-state index in [1.807, 2.05) is 0 Å². The molecule has 8 heteroatoms. The Labute approximate surface area is 135 Å². The second-order valence-corrected chi connectivity index (χ2v) is 4.78. The van der Waals surface area contributed by atoms with Crippen molar-refractivity contribution in [3.05, 3.63) is 24.1 Å². The normalized spacial score (nSPS) is 16.3. The molecule has 2 rings (SSSR count). The minimum absolute atomic E-state index is 0. The highest BCUT2D eigenvalue weighted by atomic mass is 35.5. The fraction of sp³-hybridized carbons (Fsp3) is 0.538. The number of amides is 1. The minimum Gasteiger partial charge on any atom is -0.384 e. The third-order valence-electron chi connectivity index (χ3n) is 3.43. The van der Waals surface area contributed by atoms with Crippen LogP contribution in [0.15, 0.2) is 18.3 Å². The fourth-order valence-electron chi connectivity index (χ4n) is 2.32. The number of nitrogens with zero attached hydrogens (tertiary/aromatic N) is 1. The van der Waals surface area contributed by atoms with Crippen LogP contribution in [0.5, 0.6) is 0 Å². The molecule has 0 aliphatic carbocycles. The van der Waals surface area contributed by atoms with Gasteiger partial charge in [-0.2, -0.15) is 0 Å². The Balaban J connectivity index is 0.00000200. The van der Waals surface area contributed by atoms with Gasteiger partial charge in [0, 0.05) is 7.11 Å². The van der Waals surface area contributed by atoms with Gasteiger partial charge in [-0.25, -0.2) is 9.37 Å². The summed E-state index contributed by atoms with van der Waals surface area (Å²) in [7, 11) is 1.59. The predicted octanol–water partition coefficient (Wildman–Crippen LogP) is 2.02. The average Bonchev–Trinajstić information content (AvgIpc) is 2.43. The molecule has 1 fully saturated rings. The first-order valence-corrected chi connectivity index (χ1v) is 6.29. The van der Waals surface area contributed by atoms with Gasteiger partial charge in [-0.1, -0.05) is 0 Å². The Kier molecular flexibility index (Phi) is 8.73. The second-order valence-electron chi connectivity index (χ2n) is 4.78. The molecule has 0 saturated carbocycles. The number of carbonyl (C=O) groups excluding carboxylic acids is 1. The van der Waals surface area contributed by atoms with E-state index >= 15 is 0 Å². The summed E-state index contributed by atoms with van der Waals surface area (Å²) in [4.78, 5) is 16.3. The highest BCUT2D eigenvalue weighted by molar-refractivity contribution is 5.94. The zero-order chi connectivity index (χ0) is 13.7. The van der Waals surface area contributed by atoms with Gasteiger partial charge in [0.15, 0.2) is 0 Å². The third-order valence-corrected chi connectivity index (χ3v) is 3.43. The molecule has 0 atom stereocenters. The maximum Gasteiger partial charge on any atom is 0.234 e. The van der Waals surface area contributed by atoms with Crippen molar-refractivity contribution in [2.75, 3.05) is 32.1 Å². The Hall–Kier alpha value is -0.950. The third kappa shape index (κ3) is 5.07. The lowest BCUT2D eigenvalue weighted by Gasteiger charge is -2.35. The molecule has 1 aliphatic heterocycles. The number of anilines is 1. The molecule has 1 aliphatic rings. The molecule has 2 heterocycles. The molecule has 0 aromatic carbocycles. The first kappa shape index (κ1) is 20.1. The summed E-state index contributed by atoms with van der Waals surface area (Å²) < 4.78 is 18.0. The number of halogens is 3. The van der Waals surface area contributed by atoms with Crippen molar-refractivity contribution in [3.63, 3.8) is 0 Å². The molecule has 5 nitrogen and oxygen atoms in total. The summed E-state index contributed by atoms with van der Waals surface area (Å²) in [6, 6.07) is 2.73. The van der Waals surface area contributed by atoms with Crippen molar-refractivity contribution in [2.45, 2.75) is 12.8 Å². The fourth-order valence-corrected chi connectivity index (χ4v) is 2.32. The van der Waals surface area contributed by atoms with Gasteiger partial charge in [0.05, 0.1) is 18.2 Å². The Morgan fingerprint density at radius 1 is 1.43 bits per heavy atom. The lowest BCUT2D eigenvalue weighted by molar-refractivity contribution is -0.130. The average molecular weight is 340 g/mol. The highest BCUT2D eigenvalue weighted by Gasteiger charge is 2.39. The van der Waals surface area contributed by atoms with Crippen LogP contribution in [0.3, 0.4) is 0 Å². The maximum atomic E-state index is 12.8. The summed E-state index contributed by atoms with van der Waals surface area (Å²) in [5, 5.41) is 5.96. The van der Waals surface area contributed by atoms with Gasteiger partial charge in [0.2, 0.25) is 5.91 Å². The Morgan fingerprint density at radius 3 is 2.62 bits per heavy atom. The van der Waals surface area contributed by atoms with Gasteiger partial charge in [-0.05, 0) is 38.1 Å². The van der Waals surface area contributed by atoms with Crippen molar-refractivity contribution >= 4 is 36.5 Å². The van der Waals surface area contributed by atoms with Crippen molar-refractivity contribution < 1.29 is 13.9 Å². The van der Waals surface area contributed by atoms with Gasteiger partial charge in [0.25, 0.3) is 0 Å². The number of hydrogen-bond donors (Lipinski definition) is 2. The predicted molar refractivity (Wildman–Crippen MR) is 83.7 cm³/mol. The summed E-state index contributed by atoms with van der Waals surface area (Å²) in [5.41, 5.74) is -0.532. The quantitative estimate of drug-likeness (QED) is 0.880. The molecule has 0 unspecified atom stereocenters. The van der Waals surface area contributed by atoms with E-state index in [1.54, 1.807) is 7.11 Å². The number of piperidine rings is 1. The van der Waals surface area contributed by atoms with Gasteiger partial charge >= 0.3 is 0 Å². The van der Waals surface area contributed by atoms with Gasteiger partial charge in [0.1, 0.15) is 11.6 Å². The molecular weight excluding hydrogens is 320 g/mol. The summed E-state index contributed by atoms with van der Waals surface area (Å²) >= 11 is 0. The van der Waals surface area contributed by atoms with E-state index in [2.05, 4.69) is 15.6 Å². The van der Waals surface area contributed by atoms with E-state index in [4.69, 9.17) is 4.74 Å². The van der Waals surface area contributed by atoms with Crippen molar-refractivity contribution in [1.82, 2.24) is 10.3 Å². The number of pyridine rings is 1. The number of aromatic nitrogens is 1. The molecule has 1 amide bonds. The zero-order valence-corrected chi connectivity index (χ0v) is 13.4. The second kappa shape index (κ2) is 9.15. The smallest absolute Gasteiger partial charge is 0.234 e. The maximum absolute atomic E-state index is 12.8. The summed E-state index contributed by atoms with van der Waals surface area (Å²) in [6.07, 6.45) is 2.52. The first-order valence-electron chi connectivity index (χ1n) is 6.29. The molecule has 1 saturated heterocycles. The van der Waals surface area contributed by atoms with Crippen LogP contribution in [0, 0.1) is 11.2 Å². The largest absolute Gasteiger partial charge is 0.384 e.